The van der Waals surface area contributed by atoms with Crippen LogP contribution in [0, 0.1) is 5.82 Å². The summed E-state index contributed by atoms with van der Waals surface area (Å²) in [6.45, 7) is 0. The number of fused-ring (bicyclic) bond motifs is 14. The van der Waals surface area contributed by atoms with Gasteiger partial charge in [-0.05, 0) is 63.7 Å². The van der Waals surface area contributed by atoms with Crippen molar-refractivity contribution in [3.8, 4) is 28.3 Å². The Balaban J connectivity index is 1.26. The van der Waals surface area contributed by atoms with Gasteiger partial charge in [-0.25, -0.2) is 14.4 Å². The quantitative estimate of drug-likeness (QED) is 0.182. The molecule has 0 radical (unpaired) electrons. The molecule has 7 heteroatoms. The number of hydrogen-bond acceptors (Lipinski definition) is 5. The Labute approximate surface area is 315 Å². The van der Waals surface area contributed by atoms with Crippen molar-refractivity contribution < 1.29 is 4.39 Å². The van der Waals surface area contributed by atoms with Crippen LogP contribution in [0.5, 0.6) is 0 Å². The van der Waals surface area contributed by atoms with Crippen molar-refractivity contribution in [2.24, 2.45) is 0 Å². The van der Waals surface area contributed by atoms with Crippen LogP contribution in [-0.2, 0) is 0 Å². The highest BCUT2D eigenvalue weighted by molar-refractivity contribution is 7.27. The van der Waals surface area contributed by atoms with Gasteiger partial charge < -0.3 is 0 Å². The van der Waals surface area contributed by atoms with Gasteiger partial charge >= 0.3 is 0 Å². The molecular weight excluding hydrogens is 704 g/mol. The van der Waals surface area contributed by atoms with Gasteiger partial charge in [-0.3, -0.25) is 9.55 Å². The highest BCUT2D eigenvalue weighted by atomic mass is 32.1. The van der Waals surface area contributed by atoms with Gasteiger partial charge in [0.05, 0.1) is 31.6 Å². The van der Waals surface area contributed by atoms with Gasteiger partial charge in [0.15, 0.2) is 0 Å². The lowest BCUT2D eigenvalue weighted by Crippen LogP contribution is -2.03. The Kier molecular flexibility index (Phi) is 6.23. The van der Waals surface area contributed by atoms with E-state index in [9.17, 15) is 0 Å². The second kappa shape index (κ2) is 11.2. The number of halogens is 1. The van der Waals surface area contributed by atoms with E-state index < -0.39 is 0 Å². The minimum Gasteiger partial charge on any atom is -0.276 e. The summed E-state index contributed by atoms with van der Waals surface area (Å²) in [5.41, 5.74) is 6.74. The average molecular weight is 729 g/mol. The van der Waals surface area contributed by atoms with E-state index in [1.54, 1.807) is 34.8 Å². The summed E-state index contributed by atoms with van der Waals surface area (Å²) in [7, 11) is 0. The highest BCUT2D eigenvalue weighted by Crippen LogP contribution is 2.49. The molecule has 0 N–H and O–H groups in total. The Morgan fingerprint density at radius 3 is 2.19 bits per heavy atom. The molecule has 0 spiro atoms. The lowest BCUT2D eigenvalue weighted by atomic mass is 9.95. The molecule has 0 saturated heterocycles. The van der Waals surface area contributed by atoms with Crippen LogP contribution in [0.1, 0.15) is 0 Å². The van der Waals surface area contributed by atoms with Crippen molar-refractivity contribution in [2.45, 2.75) is 0 Å². The maximum Gasteiger partial charge on any atom is 0.235 e. The smallest absolute Gasteiger partial charge is 0.235 e. The largest absolute Gasteiger partial charge is 0.276 e. The summed E-state index contributed by atoms with van der Waals surface area (Å²) in [6, 6.07) is 47.7. The van der Waals surface area contributed by atoms with Gasteiger partial charge in [-0.1, -0.05) is 103 Å². The first-order valence-electron chi connectivity index (χ1n) is 17.8. The van der Waals surface area contributed by atoms with Crippen LogP contribution in [0.4, 0.5) is 4.39 Å². The molecule has 0 aliphatic heterocycles. The maximum atomic E-state index is 16.4. The molecule has 0 aliphatic carbocycles. The average Bonchev–Trinajstić information content (AvgIpc) is 3.91. The molecule has 5 aromatic heterocycles. The predicted octanol–water partition coefficient (Wildman–Crippen LogP) is 13.5. The molecule has 5 heterocycles. The molecule has 252 valence electrons. The molecule has 54 heavy (non-hydrogen) atoms. The van der Waals surface area contributed by atoms with Gasteiger partial charge in [0.25, 0.3) is 0 Å². The summed E-state index contributed by atoms with van der Waals surface area (Å²) in [5.74, 6) is 0.259. The molecule has 0 unspecified atom stereocenters. The van der Waals surface area contributed by atoms with E-state index in [4.69, 9.17) is 9.97 Å². The Morgan fingerprint density at radius 1 is 0.537 bits per heavy atom. The fraction of sp³-hybridized carbons (Fsp3) is 0. The number of rotatable bonds is 3. The third-order valence-electron chi connectivity index (χ3n) is 10.8. The topological polar surface area (TPSA) is 43.6 Å². The Bertz CT molecular complexity index is 3520. The summed E-state index contributed by atoms with van der Waals surface area (Å²) >= 11 is 3.46. The lowest BCUT2D eigenvalue weighted by molar-refractivity contribution is 0.640. The van der Waals surface area contributed by atoms with E-state index >= 15 is 4.39 Å². The maximum absolute atomic E-state index is 16.4. The standard InChI is InChI=1S/C47H25FN4S2/c48-35-17-9-18-36-41(35)40-32-14-5-4-13-31(32)39-34-24-27(29-16-8-12-28-25-49-23-22-30(28)29)20-21-38(34)53-45(39)44(40)52(36)47-50-42(26-10-2-1-3-11-26)46-43(51-47)33-15-6-7-19-37(33)54-46/h1-25H. The zero-order valence-electron chi connectivity index (χ0n) is 28.4. The van der Waals surface area contributed by atoms with Crippen LogP contribution in [0.25, 0.3) is 112 Å². The first-order chi connectivity index (χ1) is 26.7. The fourth-order valence-corrected chi connectivity index (χ4v) is 10.8. The molecule has 0 saturated carbocycles. The Hall–Kier alpha value is -6.54. The minimum absolute atomic E-state index is 0.264. The van der Waals surface area contributed by atoms with Gasteiger partial charge in [0.2, 0.25) is 5.95 Å². The second-order valence-electron chi connectivity index (χ2n) is 13.7. The zero-order valence-corrected chi connectivity index (χ0v) is 30.1. The molecule has 0 fully saturated rings. The van der Waals surface area contributed by atoms with Crippen LogP contribution in [0.3, 0.4) is 0 Å². The number of benzene rings is 7. The van der Waals surface area contributed by atoms with Crippen molar-refractivity contribution in [1.82, 2.24) is 19.5 Å². The lowest BCUT2D eigenvalue weighted by Gasteiger charge is -2.11. The Morgan fingerprint density at radius 2 is 1.30 bits per heavy atom. The molecule has 12 rings (SSSR count). The molecule has 0 amide bonds. The van der Waals surface area contributed by atoms with Crippen molar-refractivity contribution in [1.29, 1.82) is 0 Å². The third kappa shape index (κ3) is 4.13. The van der Waals surface area contributed by atoms with E-state index in [1.165, 1.54) is 5.39 Å². The van der Waals surface area contributed by atoms with Gasteiger partial charge in [0, 0.05) is 59.7 Å². The SMILES string of the molecule is Fc1cccc2c1c1c3ccccc3c3c4cc(-c5cccc6cnccc56)ccc4sc3c1n2-c1nc(-c2ccccc2)c2sc3ccccc3c2n1. The molecule has 0 atom stereocenters. The second-order valence-corrected chi connectivity index (χ2v) is 15.8. The van der Waals surface area contributed by atoms with E-state index in [0.717, 1.165) is 95.4 Å². The van der Waals surface area contributed by atoms with Crippen molar-refractivity contribution in [2.75, 3.05) is 0 Å². The van der Waals surface area contributed by atoms with Crippen molar-refractivity contribution >= 4 is 106 Å². The molecule has 4 nitrogen and oxygen atoms in total. The van der Waals surface area contributed by atoms with Crippen LogP contribution < -0.4 is 0 Å². The zero-order chi connectivity index (χ0) is 35.5. The molecule has 0 bridgehead atoms. The van der Waals surface area contributed by atoms with Gasteiger partial charge in [0.1, 0.15) is 5.82 Å². The molecule has 7 aromatic carbocycles. The summed E-state index contributed by atoms with van der Waals surface area (Å²) < 4.78 is 23.0. The first-order valence-corrected chi connectivity index (χ1v) is 19.4. The molecule has 0 aliphatic rings. The normalized spacial score (nSPS) is 12.2. The van der Waals surface area contributed by atoms with E-state index in [2.05, 4.69) is 113 Å². The minimum atomic E-state index is -0.264. The van der Waals surface area contributed by atoms with Crippen LogP contribution >= 0.6 is 22.7 Å². The number of thiophene rings is 2. The number of pyridine rings is 1. The predicted molar refractivity (Wildman–Crippen MR) is 226 cm³/mol. The monoisotopic (exact) mass is 728 g/mol. The van der Waals surface area contributed by atoms with Crippen molar-refractivity contribution in [3.05, 3.63) is 158 Å². The van der Waals surface area contributed by atoms with Crippen molar-refractivity contribution in [3.63, 3.8) is 0 Å². The van der Waals surface area contributed by atoms with Gasteiger partial charge in [-0.15, -0.1) is 22.7 Å². The summed E-state index contributed by atoms with van der Waals surface area (Å²) in [6.07, 6.45) is 3.77. The number of aromatic nitrogens is 4. The fourth-order valence-electron chi connectivity index (χ4n) is 8.45. The van der Waals surface area contributed by atoms with E-state index in [0.29, 0.717) is 11.3 Å². The van der Waals surface area contributed by atoms with Crippen LogP contribution in [0.15, 0.2) is 152 Å². The molecular formula is C47H25FN4S2. The van der Waals surface area contributed by atoms with Gasteiger partial charge in [-0.2, -0.15) is 0 Å². The van der Waals surface area contributed by atoms with Crippen LogP contribution in [0.2, 0.25) is 0 Å². The van der Waals surface area contributed by atoms with E-state index in [1.807, 2.05) is 36.7 Å². The van der Waals surface area contributed by atoms with E-state index in [-0.39, 0.29) is 5.82 Å². The summed E-state index contributed by atoms with van der Waals surface area (Å²) in [4.78, 5) is 15.2. The third-order valence-corrected chi connectivity index (χ3v) is 13.1. The first kappa shape index (κ1) is 30.0. The number of hydrogen-bond donors (Lipinski definition) is 0. The highest BCUT2D eigenvalue weighted by Gasteiger charge is 2.26. The summed E-state index contributed by atoms with van der Waals surface area (Å²) in [5, 5.41) is 9.22. The number of nitrogens with zero attached hydrogens (tertiary/aromatic N) is 4. The van der Waals surface area contributed by atoms with Crippen LogP contribution in [-0.4, -0.2) is 19.5 Å². The molecule has 12 aromatic rings.